The second-order valence-corrected chi connectivity index (χ2v) is 4.21. The van der Waals surface area contributed by atoms with Crippen molar-refractivity contribution in [2.45, 2.75) is 51.5 Å². The lowest BCUT2D eigenvalue weighted by Crippen LogP contribution is -2.34. The van der Waals surface area contributed by atoms with Crippen LogP contribution < -0.4 is 5.32 Å². The Hall–Kier alpha value is -1.04. The summed E-state index contributed by atoms with van der Waals surface area (Å²) < 4.78 is 0. The fourth-order valence-corrected chi connectivity index (χ4v) is 1.98. The molecule has 1 saturated carbocycles. The predicted molar refractivity (Wildman–Crippen MR) is 54.4 cm³/mol. The number of rotatable bonds is 2. The highest BCUT2D eigenvalue weighted by Crippen LogP contribution is 2.22. The highest BCUT2D eigenvalue weighted by Gasteiger charge is 2.17. The molecule has 0 aromatic rings. The van der Waals surface area contributed by atoms with Crippen molar-refractivity contribution in [3.8, 4) is 6.07 Å². The number of nitriles is 1. The summed E-state index contributed by atoms with van der Waals surface area (Å²) >= 11 is 0. The van der Waals surface area contributed by atoms with E-state index in [9.17, 15) is 4.79 Å². The number of nitrogens with one attached hydrogen (secondary N) is 1. The van der Waals surface area contributed by atoms with Gasteiger partial charge in [0.2, 0.25) is 5.91 Å². The highest BCUT2D eigenvalue weighted by atomic mass is 16.1. The average Bonchev–Trinajstić information content (AvgIpc) is 2.32. The molecule has 1 amide bonds. The first-order valence-corrected chi connectivity index (χ1v) is 5.38. The number of amides is 1. The topological polar surface area (TPSA) is 52.9 Å². The molecule has 0 heterocycles. The number of nitrogens with zero attached hydrogens (tertiary/aromatic N) is 1. The Bertz CT molecular complexity index is 232. The Morgan fingerprint density at radius 3 is 2.93 bits per heavy atom. The molecule has 1 N–H and O–H groups in total. The van der Waals surface area contributed by atoms with Gasteiger partial charge in [-0.05, 0) is 25.2 Å². The molecule has 78 valence electrons. The molecular weight excluding hydrogens is 176 g/mol. The van der Waals surface area contributed by atoms with Crippen LogP contribution in [0.15, 0.2) is 0 Å². The molecule has 3 nitrogen and oxygen atoms in total. The molecule has 2 atom stereocenters. The van der Waals surface area contributed by atoms with E-state index >= 15 is 0 Å². The molecular formula is C11H18N2O. The van der Waals surface area contributed by atoms with Crippen molar-refractivity contribution in [2.75, 3.05) is 0 Å². The Morgan fingerprint density at radius 2 is 2.21 bits per heavy atom. The summed E-state index contributed by atoms with van der Waals surface area (Å²) in [5.41, 5.74) is 0. The Balaban J connectivity index is 2.30. The van der Waals surface area contributed by atoms with Crippen molar-refractivity contribution in [1.29, 1.82) is 5.26 Å². The van der Waals surface area contributed by atoms with Gasteiger partial charge in [-0.25, -0.2) is 0 Å². The molecule has 14 heavy (non-hydrogen) atoms. The molecule has 0 aromatic carbocycles. The van der Waals surface area contributed by atoms with Gasteiger partial charge in [0.25, 0.3) is 0 Å². The Morgan fingerprint density at radius 1 is 1.43 bits per heavy atom. The van der Waals surface area contributed by atoms with Gasteiger partial charge in [-0.3, -0.25) is 4.79 Å². The molecule has 1 rings (SSSR count). The SMILES string of the molecule is CC1CCCC(NC(=O)CC#N)CC1. The van der Waals surface area contributed by atoms with Crippen LogP contribution >= 0.6 is 0 Å². The van der Waals surface area contributed by atoms with Crippen LogP contribution in [-0.4, -0.2) is 11.9 Å². The van der Waals surface area contributed by atoms with E-state index in [4.69, 9.17) is 5.26 Å². The third-order valence-electron chi connectivity index (χ3n) is 2.86. The van der Waals surface area contributed by atoms with Crippen molar-refractivity contribution >= 4 is 5.91 Å². The van der Waals surface area contributed by atoms with Gasteiger partial charge in [0.1, 0.15) is 6.42 Å². The summed E-state index contributed by atoms with van der Waals surface area (Å²) in [6, 6.07) is 2.18. The molecule has 1 fully saturated rings. The maximum Gasteiger partial charge on any atom is 0.234 e. The second kappa shape index (κ2) is 5.64. The summed E-state index contributed by atoms with van der Waals surface area (Å²) in [6.45, 7) is 2.26. The van der Waals surface area contributed by atoms with Crippen LogP contribution in [0.25, 0.3) is 0 Å². The lowest BCUT2D eigenvalue weighted by molar-refractivity contribution is -0.120. The molecule has 0 saturated heterocycles. The summed E-state index contributed by atoms with van der Waals surface area (Å²) in [5.74, 6) is 0.667. The van der Waals surface area contributed by atoms with Crippen LogP contribution in [0.5, 0.6) is 0 Å². The van der Waals surface area contributed by atoms with Crippen LogP contribution in [-0.2, 0) is 4.79 Å². The van der Waals surface area contributed by atoms with E-state index in [-0.39, 0.29) is 12.3 Å². The first-order valence-electron chi connectivity index (χ1n) is 5.38. The molecule has 2 unspecified atom stereocenters. The highest BCUT2D eigenvalue weighted by molar-refractivity contribution is 5.78. The molecule has 1 aliphatic rings. The van der Waals surface area contributed by atoms with Crippen LogP contribution in [0.3, 0.4) is 0 Å². The summed E-state index contributed by atoms with van der Waals surface area (Å²) in [6.07, 6.45) is 5.78. The van der Waals surface area contributed by atoms with E-state index < -0.39 is 0 Å². The number of hydrogen-bond donors (Lipinski definition) is 1. The first kappa shape index (κ1) is 11.0. The summed E-state index contributed by atoms with van der Waals surface area (Å²) in [4.78, 5) is 11.2. The Labute approximate surface area is 85.5 Å². The maximum atomic E-state index is 11.2. The average molecular weight is 194 g/mol. The monoisotopic (exact) mass is 194 g/mol. The van der Waals surface area contributed by atoms with Crippen LogP contribution in [0, 0.1) is 17.2 Å². The molecule has 0 spiro atoms. The number of carbonyl (C=O) groups excluding carboxylic acids is 1. The van der Waals surface area contributed by atoms with Crippen molar-refractivity contribution in [3.05, 3.63) is 0 Å². The third-order valence-corrected chi connectivity index (χ3v) is 2.86. The minimum Gasteiger partial charge on any atom is -0.352 e. The largest absolute Gasteiger partial charge is 0.352 e. The Kier molecular flexibility index (Phi) is 4.45. The van der Waals surface area contributed by atoms with Gasteiger partial charge in [-0.2, -0.15) is 5.26 Å². The lowest BCUT2D eigenvalue weighted by Gasteiger charge is -2.15. The van der Waals surface area contributed by atoms with Crippen molar-refractivity contribution in [2.24, 2.45) is 5.92 Å². The zero-order valence-electron chi connectivity index (χ0n) is 8.75. The number of hydrogen-bond acceptors (Lipinski definition) is 2. The van der Waals surface area contributed by atoms with Crippen molar-refractivity contribution in [1.82, 2.24) is 5.32 Å². The molecule has 3 heteroatoms. The standard InChI is InChI=1S/C11H18N2O/c1-9-3-2-4-10(6-5-9)13-11(14)7-8-12/h9-10H,2-7H2,1H3,(H,13,14). The minimum absolute atomic E-state index is 0.00788. The zero-order valence-corrected chi connectivity index (χ0v) is 8.75. The van der Waals surface area contributed by atoms with Gasteiger partial charge >= 0.3 is 0 Å². The first-order chi connectivity index (χ1) is 6.72. The van der Waals surface area contributed by atoms with Crippen LogP contribution in [0.1, 0.15) is 45.4 Å². The van der Waals surface area contributed by atoms with Gasteiger partial charge in [0, 0.05) is 6.04 Å². The van der Waals surface area contributed by atoms with Gasteiger partial charge in [-0.1, -0.05) is 19.8 Å². The molecule has 1 aliphatic carbocycles. The summed E-state index contributed by atoms with van der Waals surface area (Å²) in [5, 5.41) is 11.3. The fourth-order valence-electron chi connectivity index (χ4n) is 1.98. The predicted octanol–water partition coefficient (Wildman–Crippen LogP) is 1.99. The van der Waals surface area contributed by atoms with E-state index in [0.29, 0.717) is 6.04 Å². The maximum absolute atomic E-state index is 11.2. The third kappa shape index (κ3) is 3.78. The normalized spacial score (nSPS) is 27.4. The van der Waals surface area contributed by atoms with Gasteiger partial charge in [0.05, 0.1) is 6.07 Å². The van der Waals surface area contributed by atoms with Crippen LogP contribution in [0.2, 0.25) is 0 Å². The molecule has 0 aromatic heterocycles. The lowest BCUT2D eigenvalue weighted by atomic mass is 10.0. The summed E-state index contributed by atoms with van der Waals surface area (Å²) in [7, 11) is 0. The van der Waals surface area contributed by atoms with E-state index in [1.807, 2.05) is 6.07 Å². The van der Waals surface area contributed by atoms with E-state index in [2.05, 4.69) is 12.2 Å². The van der Waals surface area contributed by atoms with Crippen molar-refractivity contribution < 1.29 is 4.79 Å². The van der Waals surface area contributed by atoms with Gasteiger partial charge in [0.15, 0.2) is 0 Å². The smallest absolute Gasteiger partial charge is 0.234 e. The molecule has 0 aliphatic heterocycles. The quantitative estimate of drug-likeness (QED) is 0.683. The van der Waals surface area contributed by atoms with E-state index in [1.54, 1.807) is 0 Å². The van der Waals surface area contributed by atoms with E-state index in [0.717, 1.165) is 18.8 Å². The van der Waals surface area contributed by atoms with Gasteiger partial charge in [-0.15, -0.1) is 0 Å². The molecule has 0 radical (unpaired) electrons. The minimum atomic E-state index is -0.118. The van der Waals surface area contributed by atoms with Crippen LogP contribution in [0.4, 0.5) is 0 Å². The zero-order chi connectivity index (χ0) is 10.4. The van der Waals surface area contributed by atoms with Crippen molar-refractivity contribution in [3.63, 3.8) is 0 Å². The number of carbonyl (C=O) groups is 1. The van der Waals surface area contributed by atoms with E-state index in [1.165, 1.54) is 19.3 Å². The van der Waals surface area contributed by atoms with Gasteiger partial charge < -0.3 is 5.32 Å². The fraction of sp³-hybridized carbons (Fsp3) is 0.818. The molecule has 0 bridgehead atoms. The second-order valence-electron chi connectivity index (χ2n) is 4.21.